The van der Waals surface area contributed by atoms with Gasteiger partial charge < -0.3 is 10.2 Å². The lowest BCUT2D eigenvalue weighted by Gasteiger charge is -2.28. The molecular weight excluding hydrogens is 468 g/mol. The Balaban J connectivity index is 2.32. The molecule has 0 spiro atoms. The Morgan fingerprint density at radius 3 is 1.86 bits per heavy atom. The average molecular weight is 516 g/mol. The second kappa shape index (κ2) is 18.9. The highest BCUT2D eigenvalue weighted by atomic mass is 32.3. The maximum absolute atomic E-state index is 11.0. The van der Waals surface area contributed by atoms with E-state index in [1.54, 1.807) is 0 Å². The lowest BCUT2D eigenvalue weighted by atomic mass is 9.87. The van der Waals surface area contributed by atoms with Crippen LogP contribution in [-0.4, -0.2) is 54.4 Å². The van der Waals surface area contributed by atoms with Crippen molar-refractivity contribution in [2.75, 3.05) is 6.61 Å². The van der Waals surface area contributed by atoms with Crippen LogP contribution in [-0.2, 0) is 14.6 Å². The van der Waals surface area contributed by atoms with Crippen molar-refractivity contribution in [3.05, 3.63) is 18.3 Å². The Hall–Kier alpha value is -1.26. The topological polar surface area (TPSA) is 129 Å². The third-order valence-electron chi connectivity index (χ3n) is 6.49. The zero-order valence-corrected chi connectivity index (χ0v) is 22.4. The largest absolute Gasteiger partial charge is 0.397 e. The molecule has 0 saturated heterocycles. The average Bonchev–Trinajstić information content (AvgIpc) is 3.35. The zero-order chi connectivity index (χ0) is 25.9. The highest BCUT2D eigenvalue weighted by molar-refractivity contribution is 7.80. The lowest BCUT2D eigenvalue weighted by molar-refractivity contribution is -0.0449. The number of nitrogens with zero attached hydrogens (tertiary/aromatic N) is 2. The number of hydrogen-bond acceptors (Lipinski definition) is 7. The summed E-state index contributed by atoms with van der Waals surface area (Å²) in [5, 5.41) is 21.5. The van der Waals surface area contributed by atoms with Crippen molar-refractivity contribution >= 4 is 22.8 Å². The Morgan fingerprint density at radius 2 is 1.37 bits per heavy atom. The molecule has 35 heavy (non-hydrogen) atoms. The Kier molecular flexibility index (Phi) is 17.2. The summed E-state index contributed by atoms with van der Waals surface area (Å²) in [6.45, 7) is 3.59. The predicted octanol–water partition coefficient (Wildman–Crippen LogP) is 5.46. The van der Waals surface area contributed by atoms with Crippen molar-refractivity contribution in [1.29, 1.82) is 0 Å². The van der Waals surface area contributed by atoms with E-state index in [2.05, 4.69) is 21.1 Å². The summed E-state index contributed by atoms with van der Waals surface area (Å²) < 4.78 is 35.3. The molecule has 0 fully saturated rings. The molecule has 1 aliphatic heterocycles. The first-order chi connectivity index (χ1) is 16.8. The maximum Gasteiger partial charge on any atom is 0.397 e. The molecule has 9 heteroatoms. The monoisotopic (exact) mass is 515 g/mol. The van der Waals surface area contributed by atoms with E-state index in [0.29, 0.717) is 6.42 Å². The molecule has 0 amide bonds. The molecule has 0 aliphatic carbocycles. The molecule has 0 saturated carbocycles. The molecule has 0 bridgehead atoms. The van der Waals surface area contributed by atoms with Crippen LogP contribution in [0, 0.1) is 18.0 Å². The Labute approximate surface area is 212 Å². The van der Waals surface area contributed by atoms with E-state index in [1.807, 2.05) is 19.1 Å². The van der Waals surface area contributed by atoms with Gasteiger partial charge in [0.1, 0.15) is 12.0 Å². The number of aliphatic hydroxyl groups excluding tert-OH is 2. The van der Waals surface area contributed by atoms with Crippen molar-refractivity contribution in [3.63, 3.8) is 0 Å². The van der Waals surface area contributed by atoms with Crippen molar-refractivity contribution in [2.24, 2.45) is 21.8 Å². The van der Waals surface area contributed by atoms with Gasteiger partial charge >= 0.3 is 10.4 Å². The fourth-order valence-electron chi connectivity index (χ4n) is 4.29. The quantitative estimate of drug-likeness (QED) is 0.0760. The van der Waals surface area contributed by atoms with Crippen LogP contribution >= 0.6 is 0 Å². The normalized spacial score (nSPS) is 17.3. The maximum atomic E-state index is 11.0. The van der Waals surface area contributed by atoms with E-state index in [1.165, 1.54) is 83.1 Å². The van der Waals surface area contributed by atoms with E-state index in [0.717, 1.165) is 12.8 Å². The highest BCUT2D eigenvalue weighted by Crippen LogP contribution is 2.29. The third-order valence-corrected chi connectivity index (χ3v) is 6.92. The van der Waals surface area contributed by atoms with Crippen LogP contribution in [0.15, 0.2) is 22.1 Å². The molecule has 8 nitrogen and oxygen atoms in total. The van der Waals surface area contributed by atoms with Gasteiger partial charge in [0.05, 0.1) is 12.7 Å². The number of unbranched alkanes of at least 4 members (excludes halogenated alkanes) is 12. The van der Waals surface area contributed by atoms with Crippen molar-refractivity contribution in [1.82, 2.24) is 0 Å². The lowest BCUT2D eigenvalue weighted by Crippen LogP contribution is -2.42. The summed E-state index contributed by atoms with van der Waals surface area (Å²) in [6.07, 6.45) is 21.5. The molecule has 0 aromatic heterocycles. The second-order valence-corrected chi connectivity index (χ2v) is 10.5. The van der Waals surface area contributed by atoms with Crippen molar-refractivity contribution in [3.8, 4) is 0 Å². The smallest absolute Gasteiger partial charge is 0.390 e. The molecule has 4 unspecified atom stereocenters. The summed E-state index contributed by atoms with van der Waals surface area (Å²) in [5.41, 5.74) is 0. The van der Waals surface area contributed by atoms with Crippen molar-refractivity contribution in [2.45, 2.75) is 116 Å². The van der Waals surface area contributed by atoms with Gasteiger partial charge in [-0.25, -0.2) is 4.18 Å². The van der Waals surface area contributed by atoms with Gasteiger partial charge in [0.25, 0.3) is 0 Å². The van der Waals surface area contributed by atoms with Crippen LogP contribution in [0.3, 0.4) is 0 Å². The summed E-state index contributed by atoms with van der Waals surface area (Å²) in [4.78, 5) is 7.98. The molecule has 1 aliphatic rings. The Bertz CT molecular complexity index is 713. The molecular formula is C26H47N2O6S+. The molecule has 3 N–H and O–H groups in total. The van der Waals surface area contributed by atoms with Crippen LogP contribution in [0.1, 0.15) is 104 Å². The SMILES string of the molecule is CCCCCCCCCCCCCCC=CC(CC)C(O)C(O)C(COS(=O)(=O)O)[C+]1N=CC=N1. The van der Waals surface area contributed by atoms with E-state index in [-0.39, 0.29) is 12.1 Å². The number of aliphatic imine (C=N–C) groups is 2. The van der Waals surface area contributed by atoms with E-state index in [4.69, 9.17) is 4.55 Å². The van der Waals surface area contributed by atoms with E-state index < -0.39 is 35.1 Å². The number of rotatable bonds is 22. The van der Waals surface area contributed by atoms with Gasteiger partial charge in [0.15, 0.2) is 12.4 Å². The third kappa shape index (κ3) is 14.8. The van der Waals surface area contributed by atoms with Gasteiger partial charge in [-0.2, -0.15) is 8.42 Å². The first-order valence-corrected chi connectivity index (χ1v) is 14.7. The standard InChI is InChI=1S/C26H46N2O6S/c1-3-5-6-7-8-9-10-11-12-13-14-15-16-17-18-22(4-2)24(29)25(30)23(21-34-35(31,32)33)26-27-19-20-28-26/h17-20,22-25,29-30H,3-16,21H2,1-2H3/p+1. The summed E-state index contributed by atoms with van der Waals surface area (Å²) in [6, 6.07) is 0. The molecule has 4 atom stereocenters. The van der Waals surface area contributed by atoms with Gasteiger partial charge in [-0.3, -0.25) is 4.55 Å². The second-order valence-electron chi connectivity index (χ2n) is 9.39. The molecule has 1 heterocycles. The minimum atomic E-state index is -4.69. The highest BCUT2D eigenvalue weighted by Gasteiger charge is 2.41. The molecule has 0 radical (unpaired) electrons. The van der Waals surface area contributed by atoms with Crippen LogP contribution in [0.5, 0.6) is 0 Å². The van der Waals surface area contributed by atoms with E-state index in [9.17, 15) is 18.6 Å². The van der Waals surface area contributed by atoms with Gasteiger partial charge in [-0.1, -0.05) is 107 Å². The fraction of sp³-hybridized carbons (Fsp3) is 0.808. The van der Waals surface area contributed by atoms with Gasteiger partial charge in [0.2, 0.25) is 6.17 Å². The summed E-state index contributed by atoms with van der Waals surface area (Å²) >= 11 is 0. The first-order valence-electron chi connectivity index (χ1n) is 13.4. The van der Waals surface area contributed by atoms with Crippen LogP contribution in [0.4, 0.5) is 0 Å². The van der Waals surface area contributed by atoms with Crippen molar-refractivity contribution < 1.29 is 27.4 Å². The van der Waals surface area contributed by atoms with Gasteiger partial charge in [-0.05, 0) is 19.3 Å². The van der Waals surface area contributed by atoms with Crippen LogP contribution < -0.4 is 0 Å². The fourth-order valence-corrected chi connectivity index (χ4v) is 4.60. The first kappa shape index (κ1) is 31.8. The predicted molar refractivity (Wildman–Crippen MR) is 142 cm³/mol. The number of allylic oxidation sites excluding steroid dienone is 1. The minimum absolute atomic E-state index is 0.149. The molecule has 202 valence electrons. The van der Waals surface area contributed by atoms with Gasteiger partial charge in [-0.15, -0.1) is 0 Å². The minimum Gasteiger partial charge on any atom is -0.390 e. The zero-order valence-electron chi connectivity index (χ0n) is 21.6. The molecule has 0 aromatic carbocycles. The van der Waals surface area contributed by atoms with Gasteiger partial charge in [0, 0.05) is 5.92 Å². The van der Waals surface area contributed by atoms with Crippen LogP contribution in [0.25, 0.3) is 0 Å². The number of hydrogen-bond donors (Lipinski definition) is 3. The summed E-state index contributed by atoms with van der Waals surface area (Å²) in [5.74, 6) is -1.31. The summed E-state index contributed by atoms with van der Waals surface area (Å²) in [7, 11) is -4.69. The Morgan fingerprint density at radius 1 is 0.857 bits per heavy atom. The molecule has 0 aromatic rings. The van der Waals surface area contributed by atoms with Crippen LogP contribution in [0.2, 0.25) is 0 Å². The number of aliphatic hydroxyl groups is 2. The van der Waals surface area contributed by atoms with E-state index >= 15 is 0 Å². The molecule has 1 rings (SSSR count).